The molecule has 170 valence electrons. The summed E-state index contributed by atoms with van der Waals surface area (Å²) < 4.78 is 18.0. The number of rotatable bonds is 6. The second kappa shape index (κ2) is 9.63. The standard InChI is InChI=1S/C23H20N2O8/c26-13-16-18(32-21(28)14-7-3-1-4-8-14)19(33-22(29)15-9-5-2-6-10-15)20(31-16)25-12-11-17(27)24-23(25)30/h1-12,16,18-20,26H,13H2,(H,24,27,30)/t16-,18-,19-,20-/m1/s1. The zero-order chi connectivity index (χ0) is 23.4. The first-order valence-electron chi connectivity index (χ1n) is 10.1. The number of H-pyrrole nitrogens is 1. The lowest BCUT2D eigenvalue weighted by molar-refractivity contribution is -0.0604. The maximum absolute atomic E-state index is 12.8. The fraction of sp³-hybridized carbons (Fsp3) is 0.217. The number of carbonyl (C=O) groups is 2. The van der Waals surface area contributed by atoms with Crippen LogP contribution < -0.4 is 11.2 Å². The number of nitrogens with one attached hydrogen (secondary N) is 1. The van der Waals surface area contributed by atoms with Gasteiger partial charge in [-0.1, -0.05) is 36.4 Å². The van der Waals surface area contributed by atoms with Gasteiger partial charge in [-0.05, 0) is 24.3 Å². The first-order chi connectivity index (χ1) is 16.0. The summed E-state index contributed by atoms with van der Waals surface area (Å²) in [6.07, 6.45) is -3.74. The van der Waals surface area contributed by atoms with E-state index in [-0.39, 0.29) is 11.1 Å². The number of hydrogen-bond donors (Lipinski definition) is 2. The molecule has 4 rings (SSSR count). The van der Waals surface area contributed by atoms with Crippen LogP contribution in [0.5, 0.6) is 0 Å². The molecule has 2 aromatic carbocycles. The molecule has 1 aliphatic heterocycles. The van der Waals surface area contributed by atoms with E-state index >= 15 is 0 Å². The third-order valence-electron chi connectivity index (χ3n) is 5.10. The topological polar surface area (TPSA) is 137 Å². The number of hydrogen-bond acceptors (Lipinski definition) is 8. The maximum atomic E-state index is 12.8. The van der Waals surface area contributed by atoms with Gasteiger partial charge in [-0.25, -0.2) is 14.4 Å². The highest BCUT2D eigenvalue weighted by Gasteiger charge is 2.50. The average Bonchev–Trinajstić information content (AvgIpc) is 3.16. The molecule has 0 unspecified atom stereocenters. The van der Waals surface area contributed by atoms with Crippen LogP contribution in [0.15, 0.2) is 82.5 Å². The number of aliphatic hydroxyl groups excluding tert-OH is 1. The van der Waals surface area contributed by atoms with Gasteiger partial charge in [0.25, 0.3) is 5.56 Å². The highest BCUT2D eigenvalue weighted by atomic mass is 16.6. The summed E-state index contributed by atoms with van der Waals surface area (Å²) in [6.45, 7) is -0.583. The minimum Gasteiger partial charge on any atom is -0.452 e. The zero-order valence-corrected chi connectivity index (χ0v) is 17.2. The summed E-state index contributed by atoms with van der Waals surface area (Å²) in [5.41, 5.74) is -0.976. The van der Waals surface area contributed by atoms with E-state index in [1.807, 2.05) is 0 Å². The number of benzene rings is 2. The van der Waals surface area contributed by atoms with Gasteiger partial charge in [-0.3, -0.25) is 14.3 Å². The summed E-state index contributed by atoms with van der Waals surface area (Å²) >= 11 is 0. The van der Waals surface area contributed by atoms with Crippen molar-refractivity contribution in [2.75, 3.05) is 6.61 Å². The van der Waals surface area contributed by atoms with Crippen LogP contribution in [0.1, 0.15) is 26.9 Å². The quantitative estimate of drug-likeness (QED) is 0.526. The molecule has 0 amide bonds. The number of aliphatic hydroxyl groups is 1. The Morgan fingerprint density at radius 2 is 1.42 bits per heavy atom. The molecule has 1 aliphatic rings. The number of aromatic amines is 1. The van der Waals surface area contributed by atoms with Crippen molar-refractivity contribution in [2.45, 2.75) is 24.5 Å². The molecule has 3 aromatic rings. The molecule has 33 heavy (non-hydrogen) atoms. The molecular weight excluding hydrogens is 432 g/mol. The van der Waals surface area contributed by atoms with E-state index < -0.39 is 54.3 Å². The number of aromatic nitrogens is 2. The molecule has 0 radical (unpaired) electrons. The van der Waals surface area contributed by atoms with Crippen LogP contribution in [0.4, 0.5) is 0 Å². The Balaban J connectivity index is 1.70. The van der Waals surface area contributed by atoms with Gasteiger partial charge in [0.2, 0.25) is 0 Å². The minimum atomic E-state index is -1.30. The van der Waals surface area contributed by atoms with Gasteiger partial charge in [-0.15, -0.1) is 0 Å². The lowest BCUT2D eigenvalue weighted by Crippen LogP contribution is -2.42. The predicted molar refractivity (Wildman–Crippen MR) is 114 cm³/mol. The van der Waals surface area contributed by atoms with Crippen LogP contribution in [-0.4, -0.2) is 51.5 Å². The van der Waals surface area contributed by atoms with Crippen LogP contribution in [0.2, 0.25) is 0 Å². The van der Waals surface area contributed by atoms with Crippen LogP contribution in [0.3, 0.4) is 0 Å². The Kier molecular flexibility index (Phi) is 6.48. The van der Waals surface area contributed by atoms with Crippen LogP contribution in [0, 0.1) is 0 Å². The fourth-order valence-electron chi connectivity index (χ4n) is 3.51. The summed E-state index contributed by atoms with van der Waals surface area (Å²) in [5, 5.41) is 9.86. The van der Waals surface area contributed by atoms with E-state index in [9.17, 15) is 24.3 Å². The molecule has 10 nitrogen and oxygen atoms in total. The van der Waals surface area contributed by atoms with E-state index in [0.717, 1.165) is 10.6 Å². The Morgan fingerprint density at radius 1 is 0.879 bits per heavy atom. The Labute approximate surface area is 187 Å². The van der Waals surface area contributed by atoms with Gasteiger partial charge >= 0.3 is 17.6 Å². The third-order valence-corrected chi connectivity index (χ3v) is 5.10. The van der Waals surface area contributed by atoms with Gasteiger partial charge in [0, 0.05) is 12.3 Å². The van der Waals surface area contributed by atoms with Gasteiger partial charge in [0.15, 0.2) is 18.4 Å². The summed E-state index contributed by atoms with van der Waals surface area (Å²) in [4.78, 5) is 51.5. The smallest absolute Gasteiger partial charge is 0.338 e. The molecule has 2 heterocycles. The Bertz CT molecular complexity index is 1240. The zero-order valence-electron chi connectivity index (χ0n) is 17.2. The highest BCUT2D eigenvalue weighted by molar-refractivity contribution is 5.90. The summed E-state index contributed by atoms with van der Waals surface area (Å²) in [6, 6.07) is 17.3. The first-order valence-corrected chi connectivity index (χ1v) is 10.1. The van der Waals surface area contributed by atoms with Crippen LogP contribution >= 0.6 is 0 Å². The molecule has 1 saturated heterocycles. The second-order valence-corrected chi connectivity index (χ2v) is 7.24. The van der Waals surface area contributed by atoms with Gasteiger partial charge < -0.3 is 19.3 Å². The van der Waals surface area contributed by atoms with Crippen molar-refractivity contribution in [3.05, 3.63) is 105 Å². The molecule has 2 N–H and O–H groups in total. The van der Waals surface area contributed by atoms with E-state index in [0.29, 0.717) is 0 Å². The molecule has 0 spiro atoms. The van der Waals surface area contributed by atoms with Crippen LogP contribution in [-0.2, 0) is 14.2 Å². The summed E-state index contributed by atoms with van der Waals surface area (Å²) in [7, 11) is 0. The highest BCUT2D eigenvalue weighted by Crippen LogP contribution is 2.34. The molecule has 0 bridgehead atoms. The number of ether oxygens (including phenoxy) is 3. The SMILES string of the molecule is O=C(O[C@@H]1[C@H](OC(=O)c2ccccc2)[C@@H](CO)O[C@H]1n1ccc(=O)[nH]c1=O)c1ccccc1. The minimum absolute atomic E-state index is 0.227. The molecular formula is C23H20N2O8. The van der Waals surface area contributed by atoms with E-state index in [1.54, 1.807) is 48.5 Å². The van der Waals surface area contributed by atoms with Gasteiger partial charge in [0.05, 0.1) is 17.7 Å². The van der Waals surface area contributed by atoms with Crippen LogP contribution in [0.25, 0.3) is 0 Å². The second-order valence-electron chi connectivity index (χ2n) is 7.24. The monoisotopic (exact) mass is 452 g/mol. The Hall–Kier alpha value is -4.02. The molecule has 10 heteroatoms. The fourth-order valence-corrected chi connectivity index (χ4v) is 3.51. The Morgan fingerprint density at radius 3 is 1.94 bits per heavy atom. The summed E-state index contributed by atoms with van der Waals surface area (Å²) in [5.74, 6) is -1.47. The number of nitrogens with zero attached hydrogens (tertiary/aromatic N) is 1. The molecule has 0 saturated carbocycles. The number of esters is 2. The van der Waals surface area contributed by atoms with E-state index in [4.69, 9.17) is 14.2 Å². The third kappa shape index (κ3) is 4.76. The van der Waals surface area contributed by atoms with Crippen molar-refractivity contribution >= 4 is 11.9 Å². The van der Waals surface area contributed by atoms with Crippen molar-refractivity contribution in [1.82, 2.24) is 9.55 Å². The normalized spacial score (nSPS) is 22.0. The molecule has 4 atom stereocenters. The lowest BCUT2D eigenvalue weighted by atomic mass is 10.1. The molecule has 1 aromatic heterocycles. The van der Waals surface area contributed by atoms with E-state index in [2.05, 4.69) is 4.98 Å². The average molecular weight is 452 g/mol. The number of carbonyl (C=O) groups excluding carboxylic acids is 2. The maximum Gasteiger partial charge on any atom is 0.338 e. The first kappa shape index (κ1) is 22.2. The van der Waals surface area contributed by atoms with Crippen molar-refractivity contribution < 1.29 is 28.9 Å². The van der Waals surface area contributed by atoms with Crippen molar-refractivity contribution in [1.29, 1.82) is 0 Å². The van der Waals surface area contributed by atoms with Gasteiger partial charge in [-0.2, -0.15) is 0 Å². The van der Waals surface area contributed by atoms with E-state index in [1.165, 1.54) is 18.3 Å². The van der Waals surface area contributed by atoms with Crippen molar-refractivity contribution in [2.24, 2.45) is 0 Å². The lowest BCUT2D eigenvalue weighted by Gasteiger charge is -2.24. The largest absolute Gasteiger partial charge is 0.452 e. The predicted octanol–water partition coefficient (Wildman–Crippen LogP) is 0.877. The molecule has 0 aliphatic carbocycles. The van der Waals surface area contributed by atoms with Crippen molar-refractivity contribution in [3.8, 4) is 0 Å². The van der Waals surface area contributed by atoms with Crippen molar-refractivity contribution in [3.63, 3.8) is 0 Å². The van der Waals surface area contributed by atoms with Gasteiger partial charge in [0.1, 0.15) is 6.10 Å². The molecule has 1 fully saturated rings.